The van der Waals surface area contributed by atoms with Crippen LogP contribution >= 0.6 is 0 Å². The number of nitrogens with one attached hydrogen (secondary N) is 2. The van der Waals surface area contributed by atoms with Gasteiger partial charge in [0.15, 0.2) is 0 Å². The quantitative estimate of drug-likeness (QED) is 0.805. The second-order valence-electron chi connectivity index (χ2n) is 6.85. The highest BCUT2D eigenvalue weighted by Gasteiger charge is 2.34. The molecule has 2 aliphatic carbocycles. The van der Waals surface area contributed by atoms with Gasteiger partial charge < -0.3 is 10.6 Å². The lowest BCUT2D eigenvalue weighted by Gasteiger charge is -2.42. The Hall–Kier alpha value is -0.0800. The van der Waals surface area contributed by atoms with Crippen LogP contribution < -0.4 is 10.6 Å². The van der Waals surface area contributed by atoms with Crippen LogP contribution in [0.4, 0.5) is 0 Å². The number of rotatable bonds is 3. The summed E-state index contributed by atoms with van der Waals surface area (Å²) in [5.41, 5.74) is 0. The zero-order valence-corrected chi connectivity index (χ0v) is 11.8. The molecule has 104 valence electrons. The minimum Gasteiger partial charge on any atom is -0.317 e. The van der Waals surface area contributed by atoms with Crippen LogP contribution in [0.3, 0.4) is 0 Å². The molecule has 3 aliphatic rings. The van der Waals surface area contributed by atoms with E-state index >= 15 is 0 Å². The first kappa shape index (κ1) is 12.9. The maximum absolute atomic E-state index is 3.96. The molecule has 1 aliphatic heterocycles. The molecule has 0 aromatic rings. The molecule has 2 saturated carbocycles. The molecule has 3 atom stereocenters. The summed E-state index contributed by atoms with van der Waals surface area (Å²) in [7, 11) is 0. The summed E-state index contributed by atoms with van der Waals surface area (Å²) in [6, 6.07) is 0.860. The molecule has 0 bridgehead atoms. The van der Waals surface area contributed by atoms with Gasteiger partial charge in [0.25, 0.3) is 0 Å². The summed E-state index contributed by atoms with van der Waals surface area (Å²) >= 11 is 0. The van der Waals surface area contributed by atoms with Crippen molar-refractivity contribution < 1.29 is 0 Å². The molecule has 3 rings (SSSR count). The van der Waals surface area contributed by atoms with E-state index < -0.39 is 0 Å². The maximum atomic E-state index is 3.96. The first-order valence-corrected chi connectivity index (χ1v) is 8.37. The largest absolute Gasteiger partial charge is 0.317 e. The first-order chi connectivity index (χ1) is 8.93. The number of hydrogen-bond acceptors (Lipinski definition) is 2. The Morgan fingerprint density at radius 1 is 0.833 bits per heavy atom. The Morgan fingerprint density at radius 2 is 1.61 bits per heavy atom. The fourth-order valence-electron chi connectivity index (χ4n) is 4.60. The fraction of sp³-hybridized carbons (Fsp3) is 1.00. The van der Waals surface area contributed by atoms with Crippen LogP contribution in [0.25, 0.3) is 0 Å². The lowest BCUT2D eigenvalue weighted by molar-refractivity contribution is 0.121. The topological polar surface area (TPSA) is 24.1 Å². The molecule has 18 heavy (non-hydrogen) atoms. The van der Waals surface area contributed by atoms with Crippen LogP contribution in [-0.2, 0) is 0 Å². The standard InChI is InChI=1S/C16H30N2/c1-2-6-15-14(4-1)5-3-7-16(15)18-12-13-8-10-17-11-9-13/h13-18H,1-12H2. The fourth-order valence-corrected chi connectivity index (χ4v) is 4.60. The lowest BCUT2D eigenvalue weighted by Crippen LogP contribution is -2.46. The Labute approximate surface area is 112 Å². The van der Waals surface area contributed by atoms with Gasteiger partial charge in [-0.25, -0.2) is 0 Å². The van der Waals surface area contributed by atoms with Gasteiger partial charge in [0.05, 0.1) is 0 Å². The number of hydrogen-bond donors (Lipinski definition) is 2. The van der Waals surface area contributed by atoms with E-state index in [0.717, 1.165) is 23.8 Å². The molecule has 3 unspecified atom stereocenters. The van der Waals surface area contributed by atoms with Crippen molar-refractivity contribution in [2.75, 3.05) is 19.6 Å². The van der Waals surface area contributed by atoms with Crippen LogP contribution in [0.1, 0.15) is 57.8 Å². The molecule has 0 aromatic heterocycles. The summed E-state index contributed by atoms with van der Waals surface area (Å²) in [4.78, 5) is 0. The molecule has 0 aromatic carbocycles. The molecule has 1 heterocycles. The van der Waals surface area contributed by atoms with Gasteiger partial charge in [-0.05, 0) is 63.1 Å². The van der Waals surface area contributed by atoms with Crippen molar-refractivity contribution in [3.05, 3.63) is 0 Å². The summed E-state index contributed by atoms with van der Waals surface area (Å²) < 4.78 is 0. The van der Waals surface area contributed by atoms with E-state index in [9.17, 15) is 0 Å². The van der Waals surface area contributed by atoms with Crippen molar-refractivity contribution >= 4 is 0 Å². The van der Waals surface area contributed by atoms with E-state index in [2.05, 4.69) is 10.6 Å². The van der Waals surface area contributed by atoms with E-state index in [1.54, 1.807) is 0 Å². The monoisotopic (exact) mass is 250 g/mol. The molecule has 2 nitrogen and oxygen atoms in total. The van der Waals surface area contributed by atoms with Gasteiger partial charge in [-0.3, -0.25) is 0 Å². The summed E-state index contributed by atoms with van der Waals surface area (Å²) in [6.07, 6.45) is 13.2. The molecule has 0 amide bonds. The minimum absolute atomic E-state index is 0.860. The Kier molecular flexibility index (Phi) is 4.58. The highest BCUT2D eigenvalue weighted by molar-refractivity contribution is 4.89. The Morgan fingerprint density at radius 3 is 2.50 bits per heavy atom. The van der Waals surface area contributed by atoms with Gasteiger partial charge in [0, 0.05) is 6.04 Å². The normalized spacial score (nSPS) is 38.3. The molecule has 1 saturated heterocycles. The van der Waals surface area contributed by atoms with Crippen molar-refractivity contribution in [2.45, 2.75) is 63.8 Å². The third-order valence-corrected chi connectivity index (χ3v) is 5.70. The Balaban J connectivity index is 1.48. The zero-order chi connectivity index (χ0) is 12.2. The molecular formula is C16H30N2. The summed E-state index contributed by atoms with van der Waals surface area (Å²) in [5, 5.41) is 7.43. The maximum Gasteiger partial charge on any atom is 0.00980 e. The SMILES string of the molecule is C1CCC2C(C1)CCCC2NCC1CCNCC1. The molecule has 2 heteroatoms. The van der Waals surface area contributed by atoms with Gasteiger partial charge in [-0.1, -0.05) is 32.1 Å². The van der Waals surface area contributed by atoms with Crippen LogP contribution in [0.2, 0.25) is 0 Å². The van der Waals surface area contributed by atoms with E-state index in [1.807, 2.05) is 0 Å². The van der Waals surface area contributed by atoms with Crippen LogP contribution in [0.15, 0.2) is 0 Å². The van der Waals surface area contributed by atoms with E-state index in [-0.39, 0.29) is 0 Å². The molecule has 0 spiro atoms. The average Bonchev–Trinajstić information content (AvgIpc) is 2.46. The predicted molar refractivity (Wildman–Crippen MR) is 76.7 cm³/mol. The third-order valence-electron chi connectivity index (χ3n) is 5.70. The highest BCUT2D eigenvalue weighted by Crippen LogP contribution is 2.40. The first-order valence-electron chi connectivity index (χ1n) is 8.37. The molecule has 0 radical (unpaired) electrons. The van der Waals surface area contributed by atoms with Crippen LogP contribution in [0.5, 0.6) is 0 Å². The smallest absolute Gasteiger partial charge is 0.00980 e. The highest BCUT2D eigenvalue weighted by atomic mass is 14.9. The van der Waals surface area contributed by atoms with Crippen molar-refractivity contribution in [1.29, 1.82) is 0 Å². The minimum atomic E-state index is 0.860. The van der Waals surface area contributed by atoms with Crippen molar-refractivity contribution in [2.24, 2.45) is 17.8 Å². The summed E-state index contributed by atoms with van der Waals surface area (Å²) in [5.74, 6) is 3.03. The van der Waals surface area contributed by atoms with Crippen molar-refractivity contribution in [3.63, 3.8) is 0 Å². The molecule has 2 N–H and O–H groups in total. The van der Waals surface area contributed by atoms with Gasteiger partial charge in [0.1, 0.15) is 0 Å². The van der Waals surface area contributed by atoms with Crippen LogP contribution in [0, 0.1) is 17.8 Å². The van der Waals surface area contributed by atoms with E-state index in [1.165, 1.54) is 77.4 Å². The lowest BCUT2D eigenvalue weighted by atomic mass is 9.68. The van der Waals surface area contributed by atoms with E-state index in [4.69, 9.17) is 0 Å². The zero-order valence-electron chi connectivity index (χ0n) is 11.8. The summed E-state index contributed by atoms with van der Waals surface area (Å²) in [6.45, 7) is 3.77. The van der Waals surface area contributed by atoms with Gasteiger partial charge >= 0.3 is 0 Å². The van der Waals surface area contributed by atoms with Gasteiger partial charge in [-0.2, -0.15) is 0 Å². The number of piperidine rings is 1. The third kappa shape index (κ3) is 3.08. The second kappa shape index (κ2) is 6.38. The van der Waals surface area contributed by atoms with Gasteiger partial charge in [0.2, 0.25) is 0 Å². The predicted octanol–water partition coefficient (Wildman–Crippen LogP) is 2.93. The van der Waals surface area contributed by atoms with E-state index in [0.29, 0.717) is 0 Å². The molecule has 3 fully saturated rings. The van der Waals surface area contributed by atoms with Crippen molar-refractivity contribution in [1.82, 2.24) is 10.6 Å². The second-order valence-corrected chi connectivity index (χ2v) is 6.85. The molecular weight excluding hydrogens is 220 g/mol. The Bertz CT molecular complexity index is 245. The van der Waals surface area contributed by atoms with Gasteiger partial charge in [-0.15, -0.1) is 0 Å². The van der Waals surface area contributed by atoms with Crippen molar-refractivity contribution in [3.8, 4) is 0 Å². The number of fused-ring (bicyclic) bond motifs is 1. The van der Waals surface area contributed by atoms with Crippen LogP contribution in [-0.4, -0.2) is 25.7 Å². The average molecular weight is 250 g/mol.